The second-order valence-corrected chi connectivity index (χ2v) is 4.63. The normalized spacial score (nSPS) is 17.0. The molecule has 0 radical (unpaired) electrons. The lowest BCUT2D eigenvalue weighted by Gasteiger charge is -2.26. The zero-order valence-electron chi connectivity index (χ0n) is 11.9. The number of carbonyl (C=O) groups is 1. The highest BCUT2D eigenvalue weighted by Gasteiger charge is 2.17. The van der Waals surface area contributed by atoms with Crippen molar-refractivity contribution >= 4 is 11.9 Å². The van der Waals surface area contributed by atoms with E-state index in [9.17, 15) is 4.79 Å². The Bertz CT molecular complexity index is 430. The largest absolute Gasteiger partial charge is 0.406 e. The molecule has 8 heteroatoms. The lowest BCUT2D eigenvalue weighted by Crippen LogP contribution is -2.41. The molecule has 1 amide bonds. The van der Waals surface area contributed by atoms with Crippen LogP contribution in [0.2, 0.25) is 0 Å². The topological polar surface area (TPSA) is 92.5 Å². The van der Waals surface area contributed by atoms with Crippen LogP contribution in [0.1, 0.15) is 25.3 Å². The molecular weight excluding hydrogens is 262 g/mol. The van der Waals surface area contributed by atoms with Crippen molar-refractivity contribution in [3.05, 3.63) is 5.89 Å². The first-order chi connectivity index (χ1) is 9.70. The number of carbonyl (C=O) groups excluding carboxylic acids is 1. The van der Waals surface area contributed by atoms with Gasteiger partial charge in [0.25, 0.3) is 0 Å². The van der Waals surface area contributed by atoms with Gasteiger partial charge in [-0.05, 0) is 14.0 Å². The molecule has 0 spiro atoms. The van der Waals surface area contributed by atoms with Crippen LogP contribution in [-0.4, -0.2) is 60.9 Å². The van der Waals surface area contributed by atoms with Crippen LogP contribution in [0.15, 0.2) is 4.42 Å². The fraction of sp³-hybridized carbons (Fsp3) is 0.750. The van der Waals surface area contributed by atoms with Crippen LogP contribution in [0.5, 0.6) is 0 Å². The Hall–Kier alpha value is -1.67. The molecule has 1 fully saturated rings. The number of hydrogen-bond donors (Lipinski definition) is 2. The number of hydrogen-bond acceptors (Lipinski definition) is 7. The van der Waals surface area contributed by atoms with E-state index < -0.39 is 0 Å². The minimum absolute atomic E-state index is 0.00744. The van der Waals surface area contributed by atoms with Gasteiger partial charge in [0.15, 0.2) is 0 Å². The molecule has 2 rings (SSSR count). The molecule has 0 bridgehead atoms. The lowest BCUT2D eigenvalue weighted by atomic mass is 10.3. The van der Waals surface area contributed by atoms with Gasteiger partial charge in [0.1, 0.15) is 0 Å². The molecule has 1 aromatic rings. The van der Waals surface area contributed by atoms with Crippen molar-refractivity contribution in [2.24, 2.45) is 0 Å². The highest BCUT2D eigenvalue weighted by Crippen LogP contribution is 2.12. The number of nitrogens with one attached hydrogen (secondary N) is 2. The van der Waals surface area contributed by atoms with Crippen LogP contribution >= 0.6 is 0 Å². The van der Waals surface area contributed by atoms with Gasteiger partial charge in [0.05, 0.1) is 19.3 Å². The number of amides is 1. The summed E-state index contributed by atoms with van der Waals surface area (Å²) in [5, 5.41) is 13.8. The van der Waals surface area contributed by atoms with E-state index in [1.54, 1.807) is 0 Å². The Morgan fingerprint density at radius 1 is 1.40 bits per heavy atom. The molecule has 112 valence electrons. The van der Waals surface area contributed by atoms with Crippen LogP contribution in [0.4, 0.5) is 6.01 Å². The van der Waals surface area contributed by atoms with Crippen molar-refractivity contribution in [1.82, 2.24) is 20.4 Å². The van der Waals surface area contributed by atoms with Gasteiger partial charge >= 0.3 is 6.01 Å². The number of morpholine rings is 1. The van der Waals surface area contributed by atoms with Crippen molar-refractivity contribution in [1.29, 1.82) is 0 Å². The first-order valence-corrected chi connectivity index (χ1v) is 6.80. The van der Waals surface area contributed by atoms with E-state index in [0.29, 0.717) is 51.2 Å². The van der Waals surface area contributed by atoms with E-state index in [0.717, 1.165) is 0 Å². The van der Waals surface area contributed by atoms with Gasteiger partial charge in [-0.1, -0.05) is 5.10 Å². The first kappa shape index (κ1) is 14.7. The van der Waals surface area contributed by atoms with E-state index in [1.807, 2.05) is 18.9 Å². The summed E-state index contributed by atoms with van der Waals surface area (Å²) in [5.41, 5.74) is 0. The van der Waals surface area contributed by atoms with Gasteiger partial charge in [0, 0.05) is 26.1 Å². The van der Waals surface area contributed by atoms with Gasteiger partial charge in [-0.2, -0.15) is 0 Å². The molecule has 1 unspecified atom stereocenters. The molecule has 20 heavy (non-hydrogen) atoms. The van der Waals surface area contributed by atoms with E-state index >= 15 is 0 Å². The Labute approximate surface area is 117 Å². The average Bonchev–Trinajstić information content (AvgIpc) is 2.96. The molecule has 0 aliphatic carbocycles. The minimum atomic E-state index is 0.00744. The van der Waals surface area contributed by atoms with Crippen LogP contribution in [0.3, 0.4) is 0 Å². The molecule has 1 aromatic heterocycles. The summed E-state index contributed by atoms with van der Waals surface area (Å²) in [4.78, 5) is 13.7. The van der Waals surface area contributed by atoms with Gasteiger partial charge < -0.3 is 24.7 Å². The van der Waals surface area contributed by atoms with E-state index in [-0.39, 0.29) is 11.9 Å². The summed E-state index contributed by atoms with van der Waals surface area (Å²) in [6.45, 7) is 4.99. The van der Waals surface area contributed by atoms with Crippen molar-refractivity contribution < 1.29 is 13.9 Å². The Kier molecular flexibility index (Phi) is 5.31. The van der Waals surface area contributed by atoms with E-state index in [4.69, 9.17) is 9.15 Å². The molecule has 1 atom stereocenters. The fourth-order valence-corrected chi connectivity index (χ4v) is 1.85. The van der Waals surface area contributed by atoms with Crippen LogP contribution in [-0.2, 0) is 9.53 Å². The maximum atomic E-state index is 11.9. The van der Waals surface area contributed by atoms with Crippen LogP contribution in [0.25, 0.3) is 0 Å². The number of nitrogens with zero attached hydrogens (tertiary/aromatic N) is 3. The second-order valence-electron chi connectivity index (χ2n) is 4.63. The molecular formula is C12H21N5O3. The number of rotatable bonds is 6. The highest BCUT2D eigenvalue weighted by molar-refractivity contribution is 5.76. The van der Waals surface area contributed by atoms with Crippen LogP contribution in [0, 0.1) is 0 Å². The molecule has 1 aliphatic heterocycles. The number of aromatic nitrogens is 2. The molecule has 0 saturated carbocycles. The molecule has 8 nitrogen and oxygen atoms in total. The summed E-state index contributed by atoms with van der Waals surface area (Å²) in [5.74, 6) is 0.638. The van der Waals surface area contributed by atoms with Crippen molar-refractivity contribution in [3.63, 3.8) is 0 Å². The molecule has 2 heterocycles. The van der Waals surface area contributed by atoms with Gasteiger partial charge in [-0.3, -0.25) is 4.79 Å². The summed E-state index contributed by atoms with van der Waals surface area (Å²) in [6, 6.07) is 0.352. The zero-order chi connectivity index (χ0) is 14.4. The van der Waals surface area contributed by atoms with Crippen LogP contribution < -0.4 is 10.6 Å². The summed E-state index contributed by atoms with van der Waals surface area (Å²) in [7, 11) is 1.82. The average molecular weight is 283 g/mol. The highest BCUT2D eigenvalue weighted by atomic mass is 16.5. The van der Waals surface area contributed by atoms with E-state index in [2.05, 4.69) is 20.8 Å². The monoisotopic (exact) mass is 283 g/mol. The summed E-state index contributed by atoms with van der Waals surface area (Å²) >= 11 is 0. The maximum Gasteiger partial charge on any atom is 0.315 e. The Balaban J connectivity index is 1.72. The summed E-state index contributed by atoms with van der Waals surface area (Å²) in [6.07, 6.45) is 0.402. The maximum absolute atomic E-state index is 11.9. The van der Waals surface area contributed by atoms with Gasteiger partial charge in [0.2, 0.25) is 11.8 Å². The smallest absolute Gasteiger partial charge is 0.315 e. The fourth-order valence-electron chi connectivity index (χ4n) is 1.85. The first-order valence-electron chi connectivity index (χ1n) is 6.80. The van der Waals surface area contributed by atoms with Crippen molar-refractivity contribution in [3.8, 4) is 0 Å². The number of anilines is 1. The predicted molar refractivity (Wildman–Crippen MR) is 72.3 cm³/mol. The number of ether oxygens (including phenoxy) is 1. The predicted octanol–water partition coefficient (Wildman–Crippen LogP) is 0.0108. The minimum Gasteiger partial charge on any atom is -0.406 e. The van der Waals surface area contributed by atoms with E-state index in [1.165, 1.54) is 0 Å². The zero-order valence-corrected chi connectivity index (χ0v) is 11.9. The standard InChI is InChI=1S/C12H21N5O3/c1-9(13-2)11-15-16-12(20-11)14-4-3-10(18)17-5-7-19-8-6-17/h9,13H,3-8H2,1-2H3,(H,14,16). The molecule has 0 aromatic carbocycles. The second kappa shape index (κ2) is 7.20. The Morgan fingerprint density at radius 2 is 2.15 bits per heavy atom. The quantitative estimate of drug-likeness (QED) is 0.759. The Morgan fingerprint density at radius 3 is 2.85 bits per heavy atom. The third kappa shape index (κ3) is 3.91. The molecule has 1 saturated heterocycles. The third-order valence-corrected chi connectivity index (χ3v) is 3.22. The molecule has 2 N–H and O–H groups in total. The van der Waals surface area contributed by atoms with Crippen molar-refractivity contribution in [2.75, 3.05) is 45.2 Å². The SMILES string of the molecule is CNC(C)c1nnc(NCCC(=O)N2CCOCC2)o1. The summed E-state index contributed by atoms with van der Waals surface area (Å²) < 4.78 is 10.6. The lowest BCUT2D eigenvalue weighted by molar-refractivity contribution is -0.134. The van der Waals surface area contributed by atoms with Gasteiger partial charge in [-0.15, -0.1) is 5.10 Å². The van der Waals surface area contributed by atoms with Crippen molar-refractivity contribution in [2.45, 2.75) is 19.4 Å². The third-order valence-electron chi connectivity index (χ3n) is 3.22. The molecule has 1 aliphatic rings. The van der Waals surface area contributed by atoms with Gasteiger partial charge in [-0.25, -0.2) is 0 Å².